The molecule has 1 amide bonds. The minimum absolute atomic E-state index is 0.134. The highest BCUT2D eigenvalue weighted by Gasteiger charge is 2.22. The number of amides is 1. The Hall–Kier alpha value is -3.71. The molecule has 7 heteroatoms. The van der Waals surface area contributed by atoms with Gasteiger partial charge in [0.25, 0.3) is 5.91 Å². The topological polar surface area (TPSA) is 75.1 Å². The Morgan fingerprint density at radius 3 is 2.48 bits per heavy atom. The average molecular weight is 441 g/mol. The Bertz CT molecular complexity index is 1240. The van der Waals surface area contributed by atoms with Crippen LogP contribution in [0.2, 0.25) is 0 Å². The molecule has 2 N–H and O–H groups in total. The number of anilines is 2. The zero-order valence-electron chi connectivity index (χ0n) is 18.7. The number of fused-ring (bicyclic) bond motifs is 1. The number of benzene rings is 2. The molecule has 1 aliphatic rings. The molecule has 0 radical (unpaired) electrons. The second kappa shape index (κ2) is 9.42. The standard InChI is InChI=1S/C26H28N6O/c1-31-23-12-6-5-10-21(23)29-26(31)30-24-13-7-11-22(28-24)25(33)27-20-14-16-32(17-15-20)18-19-8-3-2-4-9-19/h2-13,20H,14-18H2,1H3,(H,27,33)(H,28,29,30). The number of pyridine rings is 1. The highest BCUT2D eigenvalue weighted by molar-refractivity contribution is 5.93. The minimum Gasteiger partial charge on any atom is -0.348 e. The zero-order chi connectivity index (χ0) is 22.6. The smallest absolute Gasteiger partial charge is 0.270 e. The molecule has 1 aliphatic heterocycles. The van der Waals surface area contributed by atoms with E-state index < -0.39 is 0 Å². The number of likely N-dealkylation sites (tertiary alicyclic amines) is 1. The highest BCUT2D eigenvalue weighted by atomic mass is 16.1. The third-order valence-corrected chi connectivity index (χ3v) is 6.18. The van der Waals surface area contributed by atoms with E-state index in [1.807, 2.05) is 54.1 Å². The highest BCUT2D eigenvalue weighted by Crippen LogP contribution is 2.21. The van der Waals surface area contributed by atoms with Gasteiger partial charge in [0.2, 0.25) is 5.95 Å². The number of aromatic nitrogens is 3. The maximum atomic E-state index is 12.9. The summed E-state index contributed by atoms with van der Waals surface area (Å²) in [6.07, 6.45) is 1.88. The fraction of sp³-hybridized carbons (Fsp3) is 0.269. The Morgan fingerprint density at radius 2 is 1.70 bits per heavy atom. The first-order valence-electron chi connectivity index (χ1n) is 11.4. The van der Waals surface area contributed by atoms with E-state index >= 15 is 0 Å². The van der Waals surface area contributed by atoms with E-state index in [-0.39, 0.29) is 11.9 Å². The predicted molar refractivity (Wildman–Crippen MR) is 130 cm³/mol. The molecule has 2 aromatic carbocycles. The maximum Gasteiger partial charge on any atom is 0.270 e. The molecule has 168 valence electrons. The summed E-state index contributed by atoms with van der Waals surface area (Å²) in [5, 5.41) is 6.41. The van der Waals surface area contributed by atoms with Crippen LogP contribution in [0.25, 0.3) is 11.0 Å². The van der Waals surface area contributed by atoms with E-state index in [2.05, 4.69) is 49.8 Å². The molecule has 0 unspecified atom stereocenters. The van der Waals surface area contributed by atoms with Crippen LogP contribution < -0.4 is 10.6 Å². The molecule has 33 heavy (non-hydrogen) atoms. The van der Waals surface area contributed by atoms with E-state index in [4.69, 9.17) is 0 Å². The number of piperidine rings is 1. The van der Waals surface area contributed by atoms with E-state index in [0.29, 0.717) is 17.5 Å². The Labute approximate surface area is 193 Å². The Balaban J connectivity index is 1.18. The van der Waals surface area contributed by atoms with Gasteiger partial charge in [-0.1, -0.05) is 48.5 Å². The summed E-state index contributed by atoms with van der Waals surface area (Å²) in [5.74, 6) is 1.15. The number of nitrogens with zero attached hydrogens (tertiary/aromatic N) is 4. The molecule has 0 aliphatic carbocycles. The summed E-state index contributed by atoms with van der Waals surface area (Å²) >= 11 is 0. The van der Waals surface area contributed by atoms with Gasteiger partial charge in [0.05, 0.1) is 11.0 Å². The van der Waals surface area contributed by atoms with E-state index in [0.717, 1.165) is 43.5 Å². The molecule has 2 aromatic heterocycles. The van der Waals surface area contributed by atoms with Crippen molar-refractivity contribution in [2.75, 3.05) is 18.4 Å². The van der Waals surface area contributed by atoms with Crippen molar-refractivity contribution in [3.63, 3.8) is 0 Å². The predicted octanol–water partition coefficient (Wildman–Crippen LogP) is 4.11. The molecule has 0 bridgehead atoms. The van der Waals surface area contributed by atoms with Crippen LogP contribution in [0.4, 0.5) is 11.8 Å². The van der Waals surface area contributed by atoms with Gasteiger partial charge < -0.3 is 15.2 Å². The number of nitrogens with one attached hydrogen (secondary N) is 2. The fourth-order valence-electron chi connectivity index (χ4n) is 4.34. The summed E-state index contributed by atoms with van der Waals surface area (Å²) in [5.41, 5.74) is 3.68. The first kappa shape index (κ1) is 21.2. The summed E-state index contributed by atoms with van der Waals surface area (Å²) in [6.45, 7) is 2.90. The number of carbonyl (C=O) groups is 1. The normalized spacial score (nSPS) is 14.9. The molecule has 0 atom stereocenters. The van der Waals surface area contributed by atoms with Crippen molar-refractivity contribution < 1.29 is 4.79 Å². The number of imidazole rings is 1. The second-order valence-corrected chi connectivity index (χ2v) is 8.53. The van der Waals surface area contributed by atoms with Gasteiger partial charge in [-0.2, -0.15) is 0 Å². The minimum atomic E-state index is -0.134. The van der Waals surface area contributed by atoms with Crippen LogP contribution in [0.5, 0.6) is 0 Å². The van der Waals surface area contributed by atoms with Gasteiger partial charge >= 0.3 is 0 Å². The third kappa shape index (κ3) is 4.88. The summed E-state index contributed by atoms with van der Waals surface area (Å²) in [7, 11) is 1.96. The van der Waals surface area contributed by atoms with Crippen LogP contribution in [0.1, 0.15) is 28.9 Å². The number of carbonyl (C=O) groups excluding carboxylic acids is 1. The number of aryl methyl sites for hydroxylation is 1. The van der Waals surface area contributed by atoms with Crippen LogP contribution in [0, 0.1) is 0 Å². The van der Waals surface area contributed by atoms with Gasteiger partial charge in [0.15, 0.2) is 0 Å². The lowest BCUT2D eigenvalue weighted by Crippen LogP contribution is -2.44. The van der Waals surface area contributed by atoms with Crippen LogP contribution >= 0.6 is 0 Å². The Kier molecular flexibility index (Phi) is 6.04. The SMILES string of the molecule is Cn1c(Nc2cccc(C(=O)NC3CCN(Cc4ccccc4)CC3)n2)nc2ccccc21. The van der Waals surface area contributed by atoms with E-state index in [1.54, 1.807) is 6.07 Å². The van der Waals surface area contributed by atoms with E-state index in [1.165, 1.54) is 5.56 Å². The fourth-order valence-corrected chi connectivity index (χ4v) is 4.34. The van der Waals surface area contributed by atoms with Gasteiger partial charge in [0, 0.05) is 32.7 Å². The van der Waals surface area contributed by atoms with Gasteiger partial charge in [0.1, 0.15) is 11.5 Å². The molecular formula is C26H28N6O. The molecule has 3 heterocycles. The van der Waals surface area contributed by atoms with Crippen LogP contribution in [-0.4, -0.2) is 44.5 Å². The molecule has 7 nitrogen and oxygen atoms in total. The van der Waals surface area contributed by atoms with Crippen LogP contribution in [0.15, 0.2) is 72.8 Å². The second-order valence-electron chi connectivity index (χ2n) is 8.53. The van der Waals surface area contributed by atoms with Crippen LogP contribution in [0.3, 0.4) is 0 Å². The number of rotatable bonds is 6. The lowest BCUT2D eigenvalue weighted by Gasteiger charge is -2.32. The van der Waals surface area contributed by atoms with E-state index in [9.17, 15) is 4.79 Å². The molecule has 0 saturated carbocycles. The van der Waals surface area contributed by atoms with Gasteiger partial charge in [-0.3, -0.25) is 9.69 Å². The third-order valence-electron chi connectivity index (χ3n) is 6.18. The quantitative estimate of drug-likeness (QED) is 0.472. The number of para-hydroxylation sites is 2. The average Bonchev–Trinajstić information content (AvgIpc) is 3.16. The Morgan fingerprint density at radius 1 is 0.939 bits per heavy atom. The lowest BCUT2D eigenvalue weighted by molar-refractivity contribution is 0.0904. The van der Waals surface area contributed by atoms with Gasteiger partial charge in [-0.05, 0) is 42.7 Å². The summed E-state index contributed by atoms with van der Waals surface area (Å²) in [4.78, 5) is 24.5. The monoisotopic (exact) mass is 440 g/mol. The van der Waals surface area contributed by atoms with Crippen LogP contribution in [-0.2, 0) is 13.6 Å². The summed E-state index contributed by atoms with van der Waals surface area (Å²) < 4.78 is 1.98. The molecule has 1 saturated heterocycles. The van der Waals surface area contributed by atoms with Gasteiger partial charge in [-0.25, -0.2) is 9.97 Å². The van der Waals surface area contributed by atoms with Crippen molar-refractivity contribution in [3.8, 4) is 0 Å². The molecule has 5 rings (SSSR count). The molecule has 1 fully saturated rings. The molecule has 4 aromatic rings. The lowest BCUT2D eigenvalue weighted by atomic mass is 10.0. The first-order valence-corrected chi connectivity index (χ1v) is 11.4. The molecule has 0 spiro atoms. The summed E-state index contributed by atoms with van der Waals surface area (Å²) in [6, 6.07) is 24.1. The first-order chi connectivity index (χ1) is 16.2. The zero-order valence-corrected chi connectivity index (χ0v) is 18.7. The maximum absolute atomic E-state index is 12.9. The van der Waals surface area contributed by atoms with Crippen molar-refractivity contribution in [2.45, 2.75) is 25.4 Å². The number of hydrogen-bond acceptors (Lipinski definition) is 5. The largest absolute Gasteiger partial charge is 0.348 e. The van der Waals surface area contributed by atoms with Crippen molar-refractivity contribution in [2.24, 2.45) is 7.05 Å². The number of hydrogen-bond donors (Lipinski definition) is 2. The van der Waals surface area contributed by atoms with Crippen molar-refractivity contribution >= 4 is 28.7 Å². The van der Waals surface area contributed by atoms with Crippen molar-refractivity contribution in [1.29, 1.82) is 0 Å². The van der Waals surface area contributed by atoms with Gasteiger partial charge in [-0.15, -0.1) is 0 Å². The van der Waals surface area contributed by atoms with Crippen molar-refractivity contribution in [3.05, 3.63) is 84.1 Å². The van der Waals surface area contributed by atoms with Crippen molar-refractivity contribution in [1.82, 2.24) is 24.8 Å². The molecular weight excluding hydrogens is 412 g/mol.